The van der Waals surface area contributed by atoms with Crippen LogP contribution in [0.2, 0.25) is 5.02 Å². The molecule has 1 heterocycles. The quantitative estimate of drug-likeness (QED) is 0.751. The third-order valence-electron chi connectivity index (χ3n) is 4.10. The average Bonchev–Trinajstić information content (AvgIpc) is 2.64. The fourth-order valence-electron chi connectivity index (χ4n) is 2.43. The average molecular weight is 385 g/mol. The van der Waals surface area contributed by atoms with Gasteiger partial charge in [0, 0.05) is 17.8 Å². The van der Waals surface area contributed by atoms with Crippen molar-refractivity contribution in [3.63, 3.8) is 0 Å². The minimum absolute atomic E-state index is 0.394. The third kappa shape index (κ3) is 3.68. The fourth-order valence-corrected chi connectivity index (χ4v) is 2.61. The van der Waals surface area contributed by atoms with Crippen molar-refractivity contribution < 1.29 is 4.79 Å². The van der Waals surface area contributed by atoms with E-state index in [-0.39, 0.29) is 0 Å². The van der Waals surface area contributed by atoms with Crippen LogP contribution in [0.15, 0.2) is 52.1 Å². The summed E-state index contributed by atoms with van der Waals surface area (Å²) in [5, 5.41) is 7.07. The fraction of sp³-hybridized carbons (Fsp3) is 0.158. The molecule has 0 saturated carbocycles. The first-order chi connectivity index (χ1) is 12.8. The molecule has 0 radical (unpaired) electrons. The van der Waals surface area contributed by atoms with E-state index in [1.54, 1.807) is 30.3 Å². The molecule has 1 amide bonds. The summed E-state index contributed by atoms with van der Waals surface area (Å²) in [4.78, 5) is 37.4. The molecule has 138 valence electrons. The van der Waals surface area contributed by atoms with Crippen LogP contribution in [0.4, 0.5) is 5.69 Å². The van der Waals surface area contributed by atoms with Crippen molar-refractivity contribution in [1.29, 1.82) is 0 Å². The highest BCUT2D eigenvalue weighted by atomic mass is 35.5. The predicted molar refractivity (Wildman–Crippen MR) is 104 cm³/mol. The van der Waals surface area contributed by atoms with Crippen molar-refractivity contribution >= 4 is 23.2 Å². The molecule has 0 atom stereocenters. The van der Waals surface area contributed by atoms with Gasteiger partial charge in [-0.1, -0.05) is 35.4 Å². The van der Waals surface area contributed by atoms with Crippen molar-refractivity contribution in [1.82, 2.24) is 14.3 Å². The molecule has 0 aliphatic carbocycles. The molecular formula is C19H17ClN4O3. The summed E-state index contributed by atoms with van der Waals surface area (Å²) in [5.74, 6) is -0.726. The van der Waals surface area contributed by atoms with Gasteiger partial charge in [0.2, 0.25) is 5.69 Å². The number of nitrogens with one attached hydrogen (secondary N) is 1. The number of anilines is 1. The van der Waals surface area contributed by atoms with Crippen molar-refractivity contribution in [2.24, 2.45) is 7.05 Å². The second kappa shape index (κ2) is 7.20. The van der Waals surface area contributed by atoms with Crippen LogP contribution in [-0.2, 0) is 7.05 Å². The van der Waals surface area contributed by atoms with E-state index < -0.39 is 22.9 Å². The van der Waals surface area contributed by atoms with Crippen LogP contribution in [0, 0.1) is 13.8 Å². The summed E-state index contributed by atoms with van der Waals surface area (Å²) in [6, 6.07) is 12.0. The number of carbonyl (C=O) groups is 1. The van der Waals surface area contributed by atoms with E-state index in [1.807, 2.05) is 26.0 Å². The molecule has 8 heteroatoms. The Morgan fingerprint density at radius 3 is 2.37 bits per heavy atom. The highest BCUT2D eigenvalue weighted by molar-refractivity contribution is 6.31. The number of aryl methyl sites for hydroxylation is 2. The lowest BCUT2D eigenvalue weighted by molar-refractivity contribution is 0.101. The summed E-state index contributed by atoms with van der Waals surface area (Å²) in [6.45, 7) is 3.75. The third-order valence-corrected chi connectivity index (χ3v) is 4.51. The molecule has 0 fully saturated rings. The number of rotatable bonds is 3. The Bertz CT molecular complexity index is 1150. The number of aromatic nitrogens is 3. The standard InChI is InChI=1S/C19H17ClN4O3/c1-11-4-8-14(9-5-11)24-19(27)23(3)18(26)16(22-24)17(25)21-13-7-6-12(2)15(20)10-13/h4-10H,1-3H3,(H,21,25). The first-order valence-electron chi connectivity index (χ1n) is 8.13. The lowest BCUT2D eigenvalue weighted by Crippen LogP contribution is -2.43. The summed E-state index contributed by atoms with van der Waals surface area (Å²) in [7, 11) is 1.30. The topological polar surface area (TPSA) is 86.0 Å². The summed E-state index contributed by atoms with van der Waals surface area (Å²) < 4.78 is 1.88. The van der Waals surface area contributed by atoms with Gasteiger partial charge in [-0.15, -0.1) is 0 Å². The maximum absolute atomic E-state index is 12.6. The number of nitrogens with zero attached hydrogens (tertiary/aromatic N) is 3. The molecular weight excluding hydrogens is 368 g/mol. The van der Waals surface area contributed by atoms with Gasteiger partial charge < -0.3 is 5.32 Å². The summed E-state index contributed by atoms with van der Waals surface area (Å²) in [5.41, 5.74) is 0.927. The molecule has 7 nitrogen and oxygen atoms in total. The van der Waals surface area contributed by atoms with Gasteiger partial charge in [0.1, 0.15) is 0 Å². The van der Waals surface area contributed by atoms with Gasteiger partial charge >= 0.3 is 5.69 Å². The molecule has 0 unspecified atom stereocenters. The van der Waals surface area contributed by atoms with Gasteiger partial charge in [-0.25, -0.2) is 4.79 Å². The SMILES string of the molecule is Cc1ccc(-n2nc(C(=O)Nc3ccc(C)c(Cl)c3)c(=O)n(C)c2=O)cc1. The van der Waals surface area contributed by atoms with Gasteiger partial charge in [-0.05, 0) is 43.7 Å². The lowest BCUT2D eigenvalue weighted by atomic mass is 10.2. The molecule has 1 aromatic heterocycles. The van der Waals surface area contributed by atoms with E-state index in [0.717, 1.165) is 20.4 Å². The second-order valence-electron chi connectivity index (χ2n) is 6.16. The molecule has 1 N–H and O–H groups in total. The van der Waals surface area contributed by atoms with E-state index in [1.165, 1.54) is 7.05 Å². The molecule has 3 rings (SSSR count). The predicted octanol–water partition coefficient (Wildman–Crippen LogP) is 2.45. The zero-order valence-corrected chi connectivity index (χ0v) is 15.7. The van der Waals surface area contributed by atoms with Gasteiger partial charge in [0.25, 0.3) is 11.5 Å². The molecule has 0 saturated heterocycles. The second-order valence-corrected chi connectivity index (χ2v) is 6.57. The minimum Gasteiger partial charge on any atom is -0.320 e. The van der Waals surface area contributed by atoms with Crippen LogP contribution < -0.4 is 16.6 Å². The van der Waals surface area contributed by atoms with E-state index >= 15 is 0 Å². The largest absolute Gasteiger partial charge is 0.351 e. The smallest absolute Gasteiger partial charge is 0.320 e. The van der Waals surface area contributed by atoms with Crippen molar-refractivity contribution in [3.05, 3.63) is 85.1 Å². The molecule has 0 aliphatic heterocycles. The Balaban J connectivity index is 2.05. The zero-order chi connectivity index (χ0) is 19.7. The van der Waals surface area contributed by atoms with Crippen LogP contribution in [-0.4, -0.2) is 20.3 Å². The van der Waals surface area contributed by atoms with Crippen LogP contribution in [0.5, 0.6) is 0 Å². The first kappa shape index (κ1) is 18.6. The number of benzene rings is 2. The summed E-state index contributed by atoms with van der Waals surface area (Å²) >= 11 is 6.06. The van der Waals surface area contributed by atoms with Gasteiger partial charge in [-0.3, -0.25) is 14.2 Å². The molecule has 0 spiro atoms. The highest BCUT2D eigenvalue weighted by Gasteiger charge is 2.19. The minimum atomic E-state index is -0.779. The Hall–Kier alpha value is -3.19. The molecule has 0 aliphatic rings. The monoisotopic (exact) mass is 384 g/mol. The summed E-state index contributed by atoms with van der Waals surface area (Å²) in [6.07, 6.45) is 0. The van der Waals surface area contributed by atoms with E-state index in [2.05, 4.69) is 10.4 Å². The van der Waals surface area contributed by atoms with Crippen molar-refractivity contribution in [3.8, 4) is 5.69 Å². The number of halogens is 1. The van der Waals surface area contributed by atoms with Crippen LogP contribution >= 0.6 is 11.6 Å². The number of amides is 1. The maximum atomic E-state index is 12.6. The van der Waals surface area contributed by atoms with Crippen LogP contribution in [0.25, 0.3) is 5.69 Å². The first-order valence-corrected chi connectivity index (χ1v) is 8.50. The Morgan fingerprint density at radius 2 is 1.74 bits per heavy atom. The Kier molecular flexibility index (Phi) is 4.96. The van der Waals surface area contributed by atoms with Gasteiger partial charge in [0.05, 0.1) is 5.69 Å². The van der Waals surface area contributed by atoms with E-state index in [0.29, 0.717) is 16.4 Å². The van der Waals surface area contributed by atoms with Crippen LogP contribution in [0.1, 0.15) is 21.6 Å². The van der Waals surface area contributed by atoms with Gasteiger partial charge in [-0.2, -0.15) is 9.78 Å². The Labute approximate surface area is 159 Å². The maximum Gasteiger partial charge on any atom is 0.351 e. The number of carbonyl (C=O) groups excluding carboxylic acids is 1. The number of hydrogen-bond donors (Lipinski definition) is 1. The van der Waals surface area contributed by atoms with Crippen molar-refractivity contribution in [2.75, 3.05) is 5.32 Å². The number of hydrogen-bond acceptors (Lipinski definition) is 4. The lowest BCUT2D eigenvalue weighted by Gasteiger charge is -2.10. The highest BCUT2D eigenvalue weighted by Crippen LogP contribution is 2.20. The van der Waals surface area contributed by atoms with E-state index in [9.17, 15) is 14.4 Å². The van der Waals surface area contributed by atoms with Gasteiger partial charge in [0.15, 0.2) is 0 Å². The zero-order valence-electron chi connectivity index (χ0n) is 15.0. The van der Waals surface area contributed by atoms with E-state index in [4.69, 9.17) is 11.6 Å². The normalized spacial score (nSPS) is 10.7. The molecule has 3 aromatic rings. The Morgan fingerprint density at radius 1 is 1.07 bits per heavy atom. The molecule has 27 heavy (non-hydrogen) atoms. The molecule has 0 bridgehead atoms. The van der Waals surface area contributed by atoms with Crippen molar-refractivity contribution in [2.45, 2.75) is 13.8 Å². The van der Waals surface area contributed by atoms with Crippen LogP contribution in [0.3, 0.4) is 0 Å². The molecule has 2 aromatic carbocycles.